The number of aromatic amines is 1. The Kier molecular flexibility index (Phi) is 5.12. The average molecular weight is 454 g/mol. The fraction of sp³-hybridized carbons (Fsp3) is 0.375. The van der Waals surface area contributed by atoms with Gasteiger partial charge < -0.3 is 14.6 Å². The number of fused-ring (bicyclic) bond motifs is 2. The third kappa shape index (κ3) is 3.62. The van der Waals surface area contributed by atoms with Gasteiger partial charge in [0.1, 0.15) is 5.75 Å². The second-order valence-corrected chi connectivity index (χ2v) is 10.6. The van der Waals surface area contributed by atoms with E-state index in [0.717, 1.165) is 29.7 Å². The topological polar surface area (TPSA) is 82.7 Å². The molecule has 3 aromatic rings. The van der Waals surface area contributed by atoms with Crippen molar-refractivity contribution in [2.45, 2.75) is 25.2 Å². The summed E-state index contributed by atoms with van der Waals surface area (Å²) in [5.74, 6) is 1.25. The Morgan fingerprint density at radius 3 is 2.59 bits per heavy atom. The number of benzene rings is 2. The fourth-order valence-electron chi connectivity index (χ4n) is 5.01. The van der Waals surface area contributed by atoms with Crippen molar-refractivity contribution in [1.82, 2.24) is 9.88 Å². The Hall–Kier alpha value is -3.00. The molecule has 1 saturated heterocycles. The van der Waals surface area contributed by atoms with E-state index in [9.17, 15) is 13.2 Å². The molecule has 2 aliphatic rings. The van der Waals surface area contributed by atoms with E-state index in [-0.39, 0.29) is 5.91 Å². The summed E-state index contributed by atoms with van der Waals surface area (Å²) in [5.41, 5.74) is 4.63. The lowest BCUT2D eigenvalue weighted by Crippen LogP contribution is -2.37. The molecule has 0 unspecified atom stereocenters. The number of piperidine rings is 1. The number of carbonyl (C=O) groups excluding carboxylic acids is 1. The van der Waals surface area contributed by atoms with Crippen molar-refractivity contribution < 1.29 is 17.9 Å². The van der Waals surface area contributed by atoms with Crippen LogP contribution in [0, 0.1) is 0 Å². The lowest BCUT2D eigenvalue weighted by atomic mass is 9.89. The zero-order valence-electron chi connectivity index (χ0n) is 18.3. The maximum absolute atomic E-state index is 13.1. The maximum atomic E-state index is 13.1. The molecule has 7 nitrogen and oxygen atoms in total. The van der Waals surface area contributed by atoms with Gasteiger partial charge in [-0.25, -0.2) is 8.42 Å². The minimum absolute atomic E-state index is 0.0182. The molecule has 32 heavy (non-hydrogen) atoms. The van der Waals surface area contributed by atoms with Crippen molar-refractivity contribution in [2.24, 2.45) is 0 Å². The van der Waals surface area contributed by atoms with E-state index < -0.39 is 10.0 Å². The van der Waals surface area contributed by atoms with Gasteiger partial charge in [0, 0.05) is 42.3 Å². The Balaban J connectivity index is 1.30. The molecule has 2 aliphatic heterocycles. The first-order chi connectivity index (χ1) is 15.3. The molecule has 0 radical (unpaired) electrons. The van der Waals surface area contributed by atoms with E-state index >= 15 is 0 Å². The molecule has 3 heterocycles. The highest BCUT2D eigenvalue weighted by Crippen LogP contribution is 2.36. The zero-order chi connectivity index (χ0) is 22.5. The standard InChI is InChI=1S/C24H27N3O4S/c1-31-19-4-5-22-20(14-19)21(15-25-22)16-7-10-26(11-8-16)24(28)18-3-6-23-17(13-18)9-12-27(23)32(2,29)30/h3-6,13-16,25H,7-12H2,1-2H3. The van der Waals surface area contributed by atoms with Crippen LogP contribution >= 0.6 is 0 Å². The van der Waals surface area contributed by atoms with Gasteiger partial charge in [0.2, 0.25) is 10.0 Å². The maximum Gasteiger partial charge on any atom is 0.253 e. The molecule has 0 aliphatic carbocycles. The molecule has 0 atom stereocenters. The van der Waals surface area contributed by atoms with Gasteiger partial charge in [0.25, 0.3) is 5.91 Å². The second-order valence-electron chi connectivity index (χ2n) is 8.65. The number of amides is 1. The number of carbonyl (C=O) groups is 1. The summed E-state index contributed by atoms with van der Waals surface area (Å²) in [5, 5.41) is 1.18. The molecule has 5 rings (SSSR count). The first-order valence-corrected chi connectivity index (χ1v) is 12.7. The minimum atomic E-state index is -3.29. The smallest absolute Gasteiger partial charge is 0.253 e. The third-order valence-corrected chi connectivity index (χ3v) is 7.90. The number of likely N-dealkylation sites (tertiary alicyclic amines) is 1. The second kappa shape index (κ2) is 7.85. The fourth-order valence-corrected chi connectivity index (χ4v) is 5.97. The van der Waals surface area contributed by atoms with E-state index in [0.29, 0.717) is 43.2 Å². The van der Waals surface area contributed by atoms with Crippen LogP contribution in [-0.4, -0.2) is 57.2 Å². The van der Waals surface area contributed by atoms with E-state index in [1.54, 1.807) is 19.2 Å². The molecule has 0 bridgehead atoms. The Labute approximate surface area is 188 Å². The van der Waals surface area contributed by atoms with E-state index in [1.165, 1.54) is 21.5 Å². The monoisotopic (exact) mass is 453 g/mol. The molecule has 8 heteroatoms. The van der Waals surface area contributed by atoms with Gasteiger partial charge in [-0.3, -0.25) is 9.10 Å². The number of methoxy groups -OCH3 is 1. The predicted octanol–water partition coefficient (Wildman–Crippen LogP) is 3.52. The van der Waals surface area contributed by atoms with Crippen molar-refractivity contribution in [2.75, 3.05) is 37.3 Å². The number of aromatic nitrogens is 1. The quantitative estimate of drug-likeness (QED) is 0.655. The molecular formula is C24H27N3O4S. The van der Waals surface area contributed by atoms with Gasteiger partial charge in [-0.15, -0.1) is 0 Å². The number of rotatable bonds is 4. The van der Waals surface area contributed by atoms with Gasteiger partial charge in [-0.05, 0) is 72.7 Å². The number of hydrogen-bond donors (Lipinski definition) is 1. The molecule has 1 aromatic heterocycles. The van der Waals surface area contributed by atoms with Gasteiger partial charge >= 0.3 is 0 Å². The molecule has 1 N–H and O–H groups in total. The highest BCUT2D eigenvalue weighted by atomic mass is 32.2. The summed E-state index contributed by atoms with van der Waals surface area (Å²) in [4.78, 5) is 18.4. The first-order valence-electron chi connectivity index (χ1n) is 10.9. The van der Waals surface area contributed by atoms with Crippen LogP contribution in [0.25, 0.3) is 10.9 Å². The number of anilines is 1. The summed E-state index contributed by atoms with van der Waals surface area (Å²) < 4.78 is 30.7. The molecule has 1 amide bonds. The molecule has 168 valence electrons. The van der Waals surface area contributed by atoms with Crippen LogP contribution in [0.5, 0.6) is 5.75 Å². The van der Waals surface area contributed by atoms with Crippen molar-refractivity contribution in [3.8, 4) is 5.75 Å². The van der Waals surface area contributed by atoms with Crippen LogP contribution in [0.1, 0.15) is 40.2 Å². The van der Waals surface area contributed by atoms with Gasteiger partial charge in [-0.2, -0.15) is 0 Å². The van der Waals surface area contributed by atoms with Crippen molar-refractivity contribution in [3.05, 3.63) is 59.3 Å². The number of hydrogen-bond acceptors (Lipinski definition) is 4. The van der Waals surface area contributed by atoms with Crippen molar-refractivity contribution in [1.29, 1.82) is 0 Å². The molecule has 0 spiro atoms. The number of nitrogens with zero attached hydrogens (tertiary/aromatic N) is 2. The normalized spacial score (nSPS) is 17.1. The van der Waals surface area contributed by atoms with Crippen molar-refractivity contribution >= 4 is 32.5 Å². The number of H-pyrrole nitrogens is 1. The van der Waals surface area contributed by atoms with E-state index in [1.807, 2.05) is 23.1 Å². The van der Waals surface area contributed by atoms with Crippen molar-refractivity contribution in [3.63, 3.8) is 0 Å². The van der Waals surface area contributed by atoms with Crippen LogP contribution < -0.4 is 9.04 Å². The van der Waals surface area contributed by atoms with Crippen LogP contribution in [0.4, 0.5) is 5.69 Å². The number of sulfonamides is 1. The predicted molar refractivity (Wildman–Crippen MR) is 125 cm³/mol. The van der Waals surface area contributed by atoms with Crippen LogP contribution in [0.15, 0.2) is 42.6 Å². The molecular weight excluding hydrogens is 426 g/mol. The summed E-state index contributed by atoms with van der Waals surface area (Å²) in [6, 6.07) is 11.4. The van der Waals surface area contributed by atoms with Crippen LogP contribution in [0.2, 0.25) is 0 Å². The Bertz CT molecular complexity index is 1290. The number of nitrogens with one attached hydrogen (secondary N) is 1. The van der Waals surface area contributed by atoms with E-state index in [4.69, 9.17) is 4.74 Å². The molecule has 1 fully saturated rings. The van der Waals surface area contributed by atoms with E-state index in [2.05, 4.69) is 17.2 Å². The largest absolute Gasteiger partial charge is 0.497 e. The van der Waals surface area contributed by atoms with Gasteiger partial charge in [0.15, 0.2) is 0 Å². The SMILES string of the molecule is COc1ccc2[nH]cc(C3CCN(C(=O)c4ccc5c(c4)CCN5S(C)(=O)=O)CC3)c2c1. The highest BCUT2D eigenvalue weighted by molar-refractivity contribution is 7.92. The lowest BCUT2D eigenvalue weighted by Gasteiger charge is -2.32. The average Bonchev–Trinajstić information content (AvgIpc) is 3.42. The van der Waals surface area contributed by atoms with Crippen LogP contribution in [-0.2, 0) is 16.4 Å². The zero-order valence-corrected chi connectivity index (χ0v) is 19.1. The summed E-state index contributed by atoms with van der Waals surface area (Å²) in [7, 11) is -1.61. The van der Waals surface area contributed by atoms with Gasteiger partial charge in [-0.1, -0.05) is 0 Å². The lowest BCUT2D eigenvalue weighted by molar-refractivity contribution is 0.0713. The highest BCUT2D eigenvalue weighted by Gasteiger charge is 2.29. The van der Waals surface area contributed by atoms with Gasteiger partial charge in [0.05, 0.1) is 19.1 Å². The Morgan fingerprint density at radius 2 is 1.88 bits per heavy atom. The minimum Gasteiger partial charge on any atom is -0.497 e. The summed E-state index contributed by atoms with van der Waals surface area (Å²) in [6.07, 6.45) is 5.75. The summed E-state index contributed by atoms with van der Waals surface area (Å²) >= 11 is 0. The Morgan fingerprint density at radius 1 is 1.09 bits per heavy atom. The van der Waals surface area contributed by atoms with Crippen LogP contribution in [0.3, 0.4) is 0 Å². The summed E-state index contributed by atoms with van der Waals surface area (Å²) in [6.45, 7) is 1.84. The number of ether oxygens (including phenoxy) is 1. The first kappa shape index (κ1) is 20.9. The molecule has 0 saturated carbocycles. The third-order valence-electron chi connectivity index (χ3n) is 6.72. The molecule has 2 aromatic carbocycles.